The van der Waals surface area contributed by atoms with E-state index >= 15 is 0 Å². The van der Waals surface area contributed by atoms with Crippen LogP contribution in [0.25, 0.3) is 0 Å². The van der Waals surface area contributed by atoms with Gasteiger partial charge in [-0.15, -0.1) is 0 Å². The molecule has 0 fully saturated rings. The Bertz CT molecular complexity index is 132. The lowest BCUT2D eigenvalue weighted by Gasteiger charge is -2.18. The van der Waals surface area contributed by atoms with E-state index in [9.17, 15) is 9.59 Å². The van der Waals surface area contributed by atoms with Gasteiger partial charge in [0.15, 0.2) is 0 Å². The van der Waals surface area contributed by atoms with Gasteiger partial charge in [0, 0.05) is 0 Å². The number of rotatable bonds is 2. The van der Waals surface area contributed by atoms with Gasteiger partial charge in [-0.1, -0.05) is 0 Å². The Hall–Kier alpha value is -0.860. The highest BCUT2D eigenvalue weighted by atomic mass is 16.6. The molecule has 58 valence electrons. The third kappa shape index (κ3) is 5.28. The van der Waals surface area contributed by atoms with Crippen molar-refractivity contribution in [1.82, 2.24) is 0 Å². The van der Waals surface area contributed by atoms with Gasteiger partial charge in [-0.2, -0.15) is 0 Å². The molecule has 0 aromatic rings. The first kappa shape index (κ1) is 9.14. The van der Waals surface area contributed by atoms with Gasteiger partial charge in [0.05, 0.1) is 0 Å². The van der Waals surface area contributed by atoms with E-state index < -0.39 is 11.6 Å². The Balaban J connectivity index is 3.68. The second kappa shape index (κ2) is 3.34. The van der Waals surface area contributed by atoms with E-state index in [1.165, 1.54) is 0 Å². The Labute approximate surface area is 60.4 Å². The van der Waals surface area contributed by atoms with Crippen LogP contribution in [0, 0.1) is 0 Å². The molecule has 0 aliphatic rings. The van der Waals surface area contributed by atoms with E-state index in [0.717, 1.165) is 0 Å². The SMILES string of the molecule is CC(C)(C)OC(=O)CC=O. The predicted octanol–water partition coefficient (Wildman–Crippen LogP) is 0.917. The van der Waals surface area contributed by atoms with Crippen molar-refractivity contribution in [3.63, 3.8) is 0 Å². The summed E-state index contributed by atoms with van der Waals surface area (Å²) in [7, 11) is 0. The lowest BCUT2D eigenvalue weighted by atomic mass is 10.2. The maximum absolute atomic E-state index is 10.6. The molecule has 0 heterocycles. The highest BCUT2D eigenvalue weighted by Gasteiger charge is 2.14. The standard InChI is InChI=1S/C7H12O3/c1-7(2,3)10-6(9)4-5-8/h5H,4H2,1-3H3. The van der Waals surface area contributed by atoms with Crippen LogP contribution >= 0.6 is 0 Å². The predicted molar refractivity (Wildman–Crippen MR) is 36.5 cm³/mol. The first-order valence-corrected chi connectivity index (χ1v) is 3.11. The second-order valence-corrected chi connectivity index (χ2v) is 2.96. The zero-order valence-corrected chi connectivity index (χ0v) is 6.51. The molecule has 0 saturated heterocycles. The number of carbonyl (C=O) groups is 2. The quantitative estimate of drug-likeness (QED) is 0.329. The molecular formula is C7H12O3. The number of hydrogen-bond donors (Lipinski definition) is 0. The Morgan fingerprint density at radius 2 is 2.00 bits per heavy atom. The smallest absolute Gasteiger partial charge is 0.313 e. The molecule has 0 aliphatic heterocycles. The number of aldehydes is 1. The fourth-order valence-electron chi connectivity index (χ4n) is 0.451. The zero-order valence-electron chi connectivity index (χ0n) is 6.51. The summed E-state index contributed by atoms with van der Waals surface area (Å²) >= 11 is 0. The van der Waals surface area contributed by atoms with Crippen LogP contribution < -0.4 is 0 Å². The summed E-state index contributed by atoms with van der Waals surface area (Å²) in [5.74, 6) is -0.470. The van der Waals surface area contributed by atoms with Crippen molar-refractivity contribution in [3.8, 4) is 0 Å². The average Bonchev–Trinajstić information content (AvgIpc) is 1.59. The molecule has 0 radical (unpaired) electrons. The Morgan fingerprint density at radius 3 is 2.30 bits per heavy atom. The Morgan fingerprint density at radius 1 is 1.50 bits per heavy atom. The van der Waals surface area contributed by atoms with Crippen LogP contribution in [0.3, 0.4) is 0 Å². The van der Waals surface area contributed by atoms with Gasteiger partial charge in [-0.3, -0.25) is 4.79 Å². The van der Waals surface area contributed by atoms with Crippen molar-refractivity contribution in [2.45, 2.75) is 32.8 Å². The van der Waals surface area contributed by atoms with Crippen LogP contribution in [0.1, 0.15) is 27.2 Å². The molecule has 0 rings (SSSR count). The number of esters is 1. The second-order valence-electron chi connectivity index (χ2n) is 2.96. The molecule has 0 amide bonds. The van der Waals surface area contributed by atoms with Crippen molar-refractivity contribution in [1.29, 1.82) is 0 Å². The molecule has 0 atom stereocenters. The van der Waals surface area contributed by atoms with Crippen molar-refractivity contribution in [3.05, 3.63) is 0 Å². The van der Waals surface area contributed by atoms with Gasteiger partial charge in [0.1, 0.15) is 18.3 Å². The lowest BCUT2D eigenvalue weighted by molar-refractivity contribution is -0.155. The van der Waals surface area contributed by atoms with Crippen LogP contribution in [-0.4, -0.2) is 17.9 Å². The van der Waals surface area contributed by atoms with E-state index in [-0.39, 0.29) is 6.42 Å². The summed E-state index contributed by atoms with van der Waals surface area (Å²) in [5, 5.41) is 0. The van der Waals surface area contributed by atoms with Crippen molar-refractivity contribution < 1.29 is 14.3 Å². The van der Waals surface area contributed by atoms with Gasteiger partial charge in [-0.05, 0) is 20.8 Å². The summed E-state index contributed by atoms with van der Waals surface area (Å²) < 4.78 is 4.81. The fraction of sp³-hybridized carbons (Fsp3) is 0.714. The average molecular weight is 144 g/mol. The van der Waals surface area contributed by atoms with Crippen LogP contribution in [-0.2, 0) is 14.3 Å². The molecule has 10 heavy (non-hydrogen) atoms. The van der Waals surface area contributed by atoms with E-state index in [1.807, 2.05) is 0 Å². The number of hydrogen-bond acceptors (Lipinski definition) is 3. The molecule has 0 N–H and O–H groups in total. The molecule has 0 aromatic heterocycles. The maximum Gasteiger partial charge on any atom is 0.313 e. The van der Waals surface area contributed by atoms with E-state index in [1.54, 1.807) is 20.8 Å². The number of carbonyl (C=O) groups excluding carboxylic acids is 2. The highest BCUT2D eigenvalue weighted by molar-refractivity contribution is 5.83. The summed E-state index contributed by atoms with van der Waals surface area (Å²) in [6.07, 6.45) is 0.380. The molecule has 0 saturated carbocycles. The first-order chi connectivity index (χ1) is 4.45. The normalized spacial score (nSPS) is 10.7. The third-order valence-corrected chi connectivity index (χ3v) is 0.670. The minimum atomic E-state index is -0.486. The molecule has 0 aromatic carbocycles. The zero-order chi connectivity index (χ0) is 8.20. The van der Waals surface area contributed by atoms with Gasteiger partial charge >= 0.3 is 5.97 Å². The van der Waals surface area contributed by atoms with Crippen LogP contribution in [0.5, 0.6) is 0 Å². The van der Waals surface area contributed by atoms with Gasteiger partial charge < -0.3 is 9.53 Å². The monoisotopic (exact) mass is 144 g/mol. The molecule has 3 heteroatoms. The van der Waals surface area contributed by atoms with Crippen LogP contribution in [0.4, 0.5) is 0 Å². The largest absolute Gasteiger partial charge is 0.460 e. The third-order valence-electron chi connectivity index (χ3n) is 0.670. The molecule has 0 unspecified atom stereocenters. The molecule has 0 spiro atoms. The van der Waals surface area contributed by atoms with Crippen molar-refractivity contribution in [2.75, 3.05) is 0 Å². The lowest BCUT2D eigenvalue weighted by Crippen LogP contribution is -2.23. The summed E-state index contributed by atoms with van der Waals surface area (Å²) in [5.41, 5.74) is -0.486. The Kier molecular flexibility index (Phi) is 3.06. The number of ether oxygens (including phenoxy) is 1. The molecule has 3 nitrogen and oxygen atoms in total. The van der Waals surface area contributed by atoms with Gasteiger partial charge in [0.25, 0.3) is 0 Å². The molecule has 0 bridgehead atoms. The van der Waals surface area contributed by atoms with Gasteiger partial charge in [-0.25, -0.2) is 0 Å². The van der Waals surface area contributed by atoms with E-state index in [4.69, 9.17) is 4.74 Å². The molecule has 0 aliphatic carbocycles. The maximum atomic E-state index is 10.6. The van der Waals surface area contributed by atoms with Crippen LogP contribution in [0.2, 0.25) is 0 Å². The van der Waals surface area contributed by atoms with Crippen LogP contribution in [0.15, 0.2) is 0 Å². The summed E-state index contributed by atoms with van der Waals surface area (Å²) in [6, 6.07) is 0. The first-order valence-electron chi connectivity index (χ1n) is 3.11. The summed E-state index contributed by atoms with van der Waals surface area (Å²) in [6.45, 7) is 5.28. The van der Waals surface area contributed by atoms with E-state index in [0.29, 0.717) is 6.29 Å². The van der Waals surface area contributed by atoms with Crippen molar-refractivity contribution in [2.24, 2.45) is 0 Å². The minimum absolute atomic E-state index is 0.155. The fourth-order valence-corrected chi connectivity index (χ4v) is 0.451. The summed E-state index contributed by atoms with van der Waals surface area (Å²) in [4.78, 5) is 20.4. The van der Waals surface area contributed by atoms with Crippen molar-refractivity contribution >= 4 is 12.3 Å². The minimum Gasteiger partial charge on any atom is -0.460 e. The van der Waals surface area contributed by atoms with Gasteiger partial charge in [0.2, 0.25) is 0 Å². The van der Waals surface area contributed by atoms with E-state index in [2.05, 4.69) is 0 Å². The highest BCUT2D eigenvalue weighted by Crippen LogP contribution is 2.07. The molecular weight excluding hydrogens is 132 g/mol. The topological polar surface area (TPSA) is 43.4 Å².